The number of nitrogens with one attached hydrogen (secondary N) is 1. The van der Waals surface area contributed by atoms with Gasteiger partial charge in [-0.15, -0.1) is 0 Å². The van der Waals surface area contributed by atoms with Crippen molar-refractivity contribution in [3.8, 4) is 0 Å². The first kappa shape index (κ1) is 21.5. The molecule has 0 aromatic heterocycles. The summed E-state index contributed by atoms with van der Waals surface area (Å²) in [6, 6.07) is 8.45. The van der Waals surface area contributed by atoms with E-state index in [-0.39, 0.29) is 19.7 Å². The van der Waals surface area contributed by atoms with E-state index < -0.39 is 29.6 Å². The molecule has 0 aliphatic carbocycles. The van der Waals surface area contributed by atoms with Gasteiger partial charge in [0.15, 0.2) is 0 Å². The first-order valence-electron chi connectivity index (χ1n) is 8.60. The van der Waals surface area contributed by atoms with Gasteiger partial charge in [-0.25, -0.2) is 4.79 Å². The quantitative estimate of drug-likeness (QED) is 0.752. The molecule has 0 saturated carbocycles. The van der Waals surface area contributed by atoms with Gasteiger partial charge in [0.2, 0.25) is 5.91 Å². The second kappa shape index (κ2) is 9.79. The highest BCUT2D eigenvalue weighted by Crippen LogP contribution is 2.09. The van der Waals surface area contributed by atoms with Crippen molar-refractivity contribution in [2.45, 2.75) is 52.8 Å². The third-order valence-corrected chi connectivity index (χ3v) is 3.26. The number of carbonyl (C=O) groups excluding carboxylic acids is 3. The van der Waals surface area contributed by atoms with Crippen molar-refractivity contribution in [2.24, 2.45) is 0 Å². The van der Waals surface area contributed by atoms with Crippen LogP contribution in [0.25, 0.3) is 0 Å². The maximum Gasteiger partial charge on any atom is 0.408 e. The summed E-state index contributed by atoms with van der Waals surface area (Å²) < 4.78 is 10.1. The second-order valence-electron chi connectivity index (χ2n) is 6.85. The highest BCUT2D eigenvalue weighted by Gasteiger charge is 2.26. The Hall–Kier alpha value is -2.57. The summed E-state index contributed by atoms with van der Waals surface area (Å²) in [6.45, 7) is 8.74. The lowest BCUT2D eigenvalue weighted by Crippen LogP contribution is -2.49. The topological polar surface area (TPSA) is 84.9 Å². The number of ether oxygens (including phenoxy) is 2. The van der Waals surface area contributed by atoms with Crippen molar-refractivity contribution in [3.05, 3.63) is 35.9 Å². The number of hydrogen-bond acceptors (Lipinski definition) is 5. The maximum absolute atomic E-state index is 12.7. The molecule has 2 amide bonds. The van der Waals surface area contributed by atoms with Crippen molar-refractivity contribution in [1.82, 2.24) is 10.2 Å². The fraction of sp³-hybridized carbons (Fsp3) is 0.526. The maximum atomic E-state index is 12.7. The van der Waals surface area contributed by atoms with Crippen molar-refractivity contribution in [2.75, 3.05) is 13.2 Å². The van der Waals surface area contributed by atoms with Gasteiger partial charge in [0.05, 0.1) is 6.61 Å². The number of alkyl carbamates (subject to hydrolysis) is 1. The standard InChI is InChI=1S/C19H28N2O5/c1-6-25-16(22)13-21(12-15-10-8-7-9-11-15)17(23)14(2)20-18(24)26-19(3,4)5/h7-11,14H,6,12-13H2,1-5H3,(H,20,24)/t14-/m1/s1. The molecule has 0 fully saturated rings. The number of benzene rings is 1. The number of amides is 2. The van der Waals surface area contributed by atoms with Gasteiger partial charge in [0.25, 0.3) is 0 Å². The van der Waals surface area contributed by atoms with Crippen LogP contribution in [0, 0.1) is 0 Å². The lowest BCUT2D eigenvalue weighted by Gasteiger charge is -2.26. The van der Waals surface area contributed by atoms with Gasteiger partial charge in [0, 0.05) is 6.54 Å². The molecule has 0 radical (unpaired) electrons. The van der Waals surface area contributed by atoms with Gasteiger partial charge in [-0.3, -0.25) is 9.59 Å². The molecule has 0 spiro atoms. The Morgan fingerprint density at radius 1 is 1.15 bits per heavy atom. The van der Waals surface area contributed by atoms with E-state index in [0.717, 1.165) is 5.56 Å². The first-order valence-corrected chi connectivity index (χ1v) is 8.60. The molecule has 0 bridgehead atoms. The summed E-state index contributed by atoms with van der Waals surface area (Å²) in [5.41, 5.74) is 0.205. The first-order chi connectivity index (χ1) is 12.1. The SMILES string of the molecule is CCOC(=O)CN(Cc1ccccc1)C(=O)[C@@H](C)NC(=O)OC(C)(C)C. The van der Waals surface area contributed by atoms with E-state index in [9.17, 15) is 14.4 Å². The summed E-state index contributed by atoms with van der Waals surface area (Å²) in [6.07, 6.45) is -0.686. The number of esters is 1. The molecule has 144 valence electrons. The molecule has 0 saturated heterocycles. The monoisotopic (exact) mass is 364 g/mol. The van der Waals surface area contributed by atoms with Crippen LogP contribution in [-0.4, -0.2) is 47.7 Å². The van der Waals surface area contributed by atoms with Crippen molar-refractivity contribution in [1.29, 1.82) is 0 Å². The molecule has 26 heavy (non-hydrogen) atoms. The van der Waals surface area contributed by atoms with E-state index in [2.05, 4.69) is 5.32 Å². The van der Waals surface area contributed by atoms with E-state index in [0.29, 0.717) is 0 Å². The summed E-state index contributed by atoms with van der Waals surface area (Å²) in [7, 11) is 0. The molecule has 1 aromatic carbocycles. The Morgan fingerprint density at radius 2 is 1.77 bits per heavy atom. The summed E-state index contributed by atoms with van der Waals surface area (Å²) >= 11 is 0. The molecule has 1 atom stereocenters. The van der Waals surface area contributed by atoms with Crippen LogP contribution in [0.5, 0.6) is 0 Å². The average molecular weight is 364 g/mol. The Labute approximate surface area is 154 Å². The van der Waals surface area contributed by atoms with E-state index in [1.165, 1.54) is 4.90 Å². The van der Waals surface area contributed by atoms with Gasteiger partial charge in [-0.2, -0.15) is 0 Å². The number of carbonyl (C=O) groups is 3. The van der Waals surface area contributed by atoms with Crippen molar-refractivity contribution >= 4 is 18.0 Å². The summed E-state index contributed by atoms with van der Waals surface area (Å²) in [5.74, 6) is -0.894. The van der Waals surface area contributed by atoms with E-state index in [1.54, 1.807) is 34.6 Å². The molecule has 0 aliphatic rings. The molecular weight excluding hydrogens is 336 g/mol. The Balaban J connectivity index is 2.81. The number of nitrogens with zero attached hydrogens (tertiary/aromatic N) is 1. The van der Waals surface area contributed by atoms with Crippen molar-refractivity contribution < 1.29 is 23.9 Å². The van der Waals surface area contributed by atoms with E-state index in [1.807, 2.05) is 30.3 Å². The van der Waals surface area contributed by atoms with Crippen LogP contribution in [0.15, 0.2) is 30.3 Å². The van der Waals surface area contributed by atoms with Crippen LogP contribution >= 0.6 is 0 Å². The van der Waals surface area contributed by atoms with Crippen LogP contribution in [0.4, 0.5) is 4.79 Å². The number of rotatable bonds is 7. The van der Waals surface area contributed by atoms with Gasteiger partial charge in [-0.05, 0) is 40.2 Å². The minimum Gasteiger partial charge on any atom is -0.465 e. The fourth-order valence-corrected chi connectivity index (χ4v) is 2.20. The van der Waals surface area contributed by atoms with Crippen molar-refractivity contribution in [3.63, 3.8) is 0 Å². The summed E-state index contributed by atoms with van der Waals surface area (Å²) in [5, 5.41) is 2.50. The molecule has 1 N–H and O–H groups in total. The van der Waals surface area contributed by atoms with E-state index >= 15 is 0 Å². The van der Waals surface area contributed by atoms with Crippen LogP contribution in [-0.2, 0) is 25.6 Å². The highest BCUT2D eigenvalue weighted by atomic mass is 16.6. The Bertz CT molecular complexity index is 610. The normalized spacial score (nSPS) is 12.0. The molecule has 1 aromatic rings. The van der Waals surface area contributed by atoms with Crippen LogP contribution < -0.4 is 5.32 Å². The third kappa shape index (κ3) is 8.00. The lowest BCUT2D eigenvalue weighted by atomic mass is 10.2. The highest BCUT2D eigenvalue weighted by molar-refractivity contribution is 5.88. The van der Waals surface area contributed by atoms with Crippen LogP contribution in [0.2, 0.25) is 0 Å². The fourth-order valence-electron chi connectivity index (χ4n) is 2.20. The third-order valence-electron chi connectivity index (χ3n) is 3.26. The van der Waals surface area contributed by atoms with E-state index in [4.69, 9.17) is 9.47 Å². The second-order valence-corrected chi connectivity index (χ2v) is 6.85. The van der Waals surface area contributed by atoms with Gasteiger partial charge in [0.1, 0.15) is 18.2 Å². The Morgan fingerprint density at radius 3 is 2.31 bits per heavy atom. The molecule has 1 rings (SSSR count). The molecule has 0 heterocycles. The zero-order chi connectivity index (χ0) is 19.7. The van der Waals surface area contributed by atoms with Gasteiger partial charge >= 0.3 is 12.1 Å². The molecular formula is C19H28N2O5. The van der Waals surface area contributed by atoms with Crippen LogP contribution in [0.1, 0.15) is 40.2 Å². The Kier molecular flexibility index (Phi) is 8.09. The largest absolute Gasteiger partial charge is 0.465 e. The molecule has 0 aliphatic heterocycles. The van der Waals surface area contributed by atoms with Gasteiger partial charge < -0.3 is 19.7 Å². The zero-order valence-corrected chi connectivity index (χ0v) is 16.1. The van der Waals surface area contributed by atoms with Crippen LogP contribution in [0.3, 0.4) is 0 Å². The minimum absolute atomic E-state index is 0.193. The minimum atomic E-state index is -0.844. The predicted octanol–water partition coefficient (Wildman–Crippen LogP) is 2.49. The molecule has 7 heteroatoms. The van der Waals surface area contributed by atoms with Gasteiger partial charge in [-0.1, -0.05) is 30.3 Å². The average Bonchev–Trinajstić information content (AvgIpc) is 2.52. The number of hydrogen-bond donors (Lipinski definition) is 1. The molecule has 7 nitrogen and oxygen atoms in total. The predicted molar refractivity (Wildman–Crippen MR) is 97.3 cm³/mol. The summed E-state index contributed by atoms with van der Waals surface area (Å²) in [4.78, 5) is 37.8. The zero-order valence-electron chi connectivity index (χ0n) is 16.1. The molecule has 0 unspecified atom stereocenters. The lowest BCUT2D eigenvalue weighted by molar-refractivity contribution is -0.149. The smallest absolute Gasteiger partial charge is 0.408 e.